The van der Waals surface area contributed by atoms with Gasteiger partial charge in [-0.25, -0.2) is 4.68 Å². The SMILES string of the molecule is Cc1ccc([C@@H]2Cn3nnc(-c4noc(-c5ccco5)n4)c3CO2)cc1. The average molecular weight is 349 g/mol. The molecule has 3 aromatic heterocycles. The standard InChI is InChI=1S/C18H15N5O3/c1-11-4-6-12(7-5-11)15-9-23-13(10-25-15)16(20-22-23)17-19-18(26-21-17)14-3-2-8-24-14/h2-8,15H,9-10H2,1H3/t15-/m0/s1. The van der Waals surface area contributed by atoms with Crippen molar-refractivity contribution in [1.29, 1.82) is 0 Å². The van der Waals surface area contributed by atoms with Crippen molar-refractivity contribution in [3.8, 4) is 23.2 Å². The lowest BCUT2D eigenvalue weighted by atomic mass is 10.1. The number of furan rings is 1. The van der Waals surface area contributed by atoms with Crippen LogP contribution in [0.15, 0.2) is 51.6 Å². The second-order valence-electron chi connectivity index (χ2n) is 6.18. The van der Waals surface area contributed by atoms with E-state index in [2.05, 4.69) is 51.6 Å². The minimum atomic E-state index is -0.0541. The predicted octanol–water partition coefficient (Wildman–Crippen LogP) is 3.17. The van der Waals surface area contributed by atoms with Crippen LogP contribution in [0.4, 0.5) is 0 Å². The van der Waals surface area contributed by atoms with E-state index >= 15 is 0 Å². The van der Waals surface area contributed by atoms with Crippen LogP contribution in [0.3, 0.4) is 0 Å². The summed E-state index contributed by atoms with van der Waals surface area (Å²) in [5, 5.41) is 12.5. The summed E-state index contributed by atoms with van der Waals surface area (Å²) in [5.74, 6) is 1.19. The third-order valence-corrected chi connectivity index (χ3v) is 4.42. The minimum Gasteiger partial charge on any atom is -0.459 e. The molecule has 8 nitrogen and oxygen atoms in total. The molecule has 1 aliphatic rings. The Kier molecular flexibility index (Phi) is 3.42. The maximum absolute atomic E-state index is 6.02. The number of ether oxygens (including phenoxy) is 1. The predicted molar refractivity (Wildman–Crippen MR) is 89.7 cm³/mol. The van der Waals surface area contributed by atoms with Gasteiger partial charge in [-0.3, -0.25) is 0 Å². The third kappa shape index (κ3) is 2.51. The lowest BCUT2D eigenvalue weighted by molar-refractivity contribution is -0.00112. The number of hydrogen-bond acceptors (Lipinski definition) is 7. The maximum Gasteiger partial charge on any atom is 0.293 e. The topological polar surface area (TPSA) is 92.0 Å². The largest absolute Gasteiger partial charge is 0.459 e. The van der Waals surface area contributed by atoms with Crippen LogP contribution in [0.25, 0.3) is 23.2 Å². The fourth-order valence-electron chi connectivity index (χ4n) is 2.99. The van der Waals surface area contributed by atoms with Crippen molar-refractivity contribution in [2.24, 2.45) is 0 Å². The van der Waals surface area contributed by atoms with Crippen LogP contribution >= 0.6 is 0 Å². The van der Waals surface area contributed by atoms with E-state index in [-0.39, 0.29) is 6.10 Å². The Morgan fingerprint density at radius 1 is 1.15 bits per heavy atom. The van der Waals surface area contributed by atoms with Gasteiger partial charge in [-0.2, -0.15) is 4.98 Å². The lowest BCUT2D eigenvalue weighted by Gasteiger charge is -2.24. The zero-order valence-electron chi connectivity index (χ0n) is 14.0. The van der Waals surface area contributed by atoms with E-state index < -0.39 is 0 Å². The highest BCUT2D eigenvalue weighted by atomic mass is 16.5. The summed E-state index contributed by atoms with van der Waals surface area (Å²) in [6, 6.07) is 11.8. The van der Waals surface area contributed by atoms with Gasteiger partial charge in [0.25, 0.3) is 5.89 Å². The lowest BCUT2D eigenvalue weighted by Crippen LogP contribution is -2.22. The molecule has 1 atom stereocenters. The third-order valence-electron chi connectivity index (χ3n) is 4.42. The highest BCUT2D eigenvalue weighted by molar-refractivity contribution is 5.55. The molecule has 1 aliphatic heterocycles. The summed E-state index contributed by atoms with van der Waals surface area (Å²) in [4.78, 5) is 4.35. The van der Waals surface area contributed by atoms with Crippen LogP contribution in [0.5, 0.6) is 0 Å². The smallest absolute Gasteiger partial charge is 0.293 e. The molecule has 4 aromatic rings. The van der Waals surface area contributed by atoms with E-state index in [1.807, 2.05) is 4.68 Å². The van der Waals surface area contributed by atoms with Crippen molar-refractivity contribution < 1.29 is 13.7 Å². The van der Waals surface area contributed by atoms with Gasteiger partial charge in [-0.15, -0.1) is 5.10 Å². The zero-order valence-corrected chi connectivity index (χ0v) is 14.0. The molecule has 4 heterocycles. The van der Waals surface area contributed by atoms with Crippen molar-refractivity contribution in [2.75, 3.05) is 0 Å². The molecule has 0 bridgehead atoms. The van der Waals surface area contributed by atoms with Crippen molar-refractivity contribution in [3.05, 3.63) is 59.5 Å². The van der Waals surface area contributed by atoms with Gasteiger partial charge < -0.3 is 13.7 Å². The van der Waals surface area contributed by atoms with Gasteiger partial charge in [0.15, 0.2) is 11.5 Å². The first kappa shape index (κ1) is 15.0. The molecule has 0 amide bonds. The van der Waals surface area contributed by atoms with Crippen LogP contribution in [-0.2, 0) is 17.9 Å². The highest BCUT2D eigenvalue weighted by Gasteiger charge is 2.27. The van der Waals surface area contributed by atoms with Gasteiger partial charge in [-0.05, 0) is 24.6 Å². The Morgan fingerprint density at radius 2 is 2.04 bits per heavy atom. The first-order valence-electron chi connectivity index (χ1n) is 8.26. The Morgan fingerprint density at radius 3 is 2.85 bits per heavy atom. The van der Waals surface area contributed by atoms with Gasteiger partial charge >= 0.3 is 0 Å². The van der Waals surface area contributed by atoms with Gasteiger partial charge in [-0.1, -0.05) is 40.2 Å². The van der Waals surface area contributed by atoms with Gasteiger partial charge in [0.2, 0.25) is 5.82 Å². The molecule has 0 saturated heterocycles. The molecule has 26 heavy (non-hydrogen) atoms. The first-order valence-corrected chi connectivity index (χ1v) is 8.26. The van der Waals surface area contributed by atoms with Crippen molar-refractivity contribution in [1.82, 2.24) is 25.1 Å². The second kappa shape index (κ2) is 5.92. The molecule has 5 rings (SSSR count). The van der Waals surface area contributed by atoms with Crippen molar-refractivity contribution in [3.63, 3.8) is 0 Å². The molecule has 1 aromatic carbocycles. The first-order chi connectivity index (χ1) is 12.8. The Hall–Kier alpha value is -3.26. The van der Waals surface area contributed by atoms with Gasteiger partial charge in [0, 0.05) is 0 Å². The monoisotopic (exact) mass is 349 g/mol. The van der Waals surface area contributed by atoms with Gasteiger partial charge in [0.05, 0.1) is 25.1 Å². The van der Waals surface area contributed by atoms with E-state index in [1.54, 1.807) is 18.4 Å². The Bertz CT molecular complexity index is 1030. The number of fused-ring (bicyclic) bond motifs is 1. The summed E-state index contributed by atoms with van der Waals surface area (Å²) in [7, 11) is 0. The molecule has 0 fully saturated rings. The average Bonchev–Trinajstić information content (AvgIpc) is 3.41. The number of benzene rings is 1. The fourth-order valence-corrected chi connectivity index (χ4v) is 2.99. The minimum absolute atomic E-state index is 0.0541. The zero-order chi connectivity index (χ0) is 17.5. The second-order valence-corrected chi connectivity index (χ2v) is 6.18. The number of aromatic nitrogens is 5. The molecule has 8 heteroatoms. The van der Waals surface area contributed by atoms with Crippen LogP contribution in [0, 0.1) is 6.92 Å². The summed E-state index contributed by atoms with van der Waals surface area (Å²) in [5.41, 5.74) is 3.74. The van der Waals surface area contributed by atoms with Crippen molar-refractivity contribution >= 4 is 0 Å². The molecular weight excluding hydrogens is 334 g/mol. The van der Waals surface area contributed by atoms with E-state index in [0.29, 0.717) is 36.3 Å². The van der Waals surface area contributed by atoms with Crippen LogP contribution in [0.1, 0.15) is 22.9 Å². The van der Waals surface area contributed by atoms with E-state index in [4.69, 9.17) is 13.7 Å². The quantitative estimate of drug-likeness (QED) is 0.561. The van der Waals surface area contributed by atoms with E-state index in [1.165, 1.54) is 5.56 Å². The van der Waals surface area contributed by atoms with Crippen LogP contribution < -0.4 is 0 Å². The summed E-state index contributed by atoms with van der Waals surface area (Å²) in [6.45, 7) is 3.04. The molecule has 130 valence electrons. The highest BCUT2D eigenvalue weighted by Crippen LogP contribution is 2.30. The Labute approximate surface area is 148 Å². The summed E-state index contributed by atoms with van der Waals surface area (Å²) < 4.78 is 18.4. The molecule has 0 N–H and O–H groups in total. The van der Waals surface area contributed by atoms with Crippen molar-refractivity contribution in [2.45, 2.75) is 26.2 Å². The summed E-state index contributed by atoms with van der Waals surface area (Å²) >= 11 is 0. The molecule has 0 spiro atoms. The number of aryl methyl sites for hydroxylation is 1. The maximum atomic E-state index is 6.02. The molecule has 0 aliphatic carbocycles. The molecule has 0 radical (unpaired) electrons. The van der Waals surface area contributed by atoms with E-state index in [0.717, 1.165) is 11.3 Å². The molecular formula is C18H15N5O3. The molecule has 0 unspecified atom stereocenters. The van der Waals surface area contributed by atoms with Crippen LogP contribution in [0.2, 0.25) is 0 Å². The summed E-state index contributed by atoms with van der Waals surface area (Å²) in [6.07, 6.45) is 1.50. The normalized spacial score (nSPS) is 16.6. The molecule has 0 saturated carbocycles. The van der Waals surface area contributed by atoms with Crippen LogP contribution in [-0.4, -0.2) is 25.1 Å². The number of rotatable bonds is 3. The fraction of sp³-hybridized carbons (Fsp3) is 0.222. The van der Waals surface area contributed by atoms with E-state index in [9.17, 15) is 0 Å². The van der Waals surface area contributed by atoms with Gasteiger partial charge in [0.1, 0.15) is 6.10 Å². The Balaban J connectivity index is 1.42. The number of hydrogen-bond donors (Lipinski definition) is 0. The number of nitrogens with zero attached hydrogens (tertiary/aromatic N) is 5.